The molecule has 2 heterocycles. The molecule has 4 rings (SSSR count). The summed E-state index contributed by atoms with van der Waals surface area (Å²) in [7, 11) is 0. The topological polar surface area (TPSA) is 23.6 Å². The molecule has 2 aliphatic rings. The monoisotopic (exact) mass is 358 g/mol. The number of nitrogens with zero attached hydrogens (tertiary/aromatic N) is 2. The highest BCUT2D eigenvalue weighted by Gasteiger charge is 2.32. The van der Waals surface area contributed by atoms with E-state index in [9.17, 15) is 4.79 Å². The third-order valence-corrected chi connectivity index (χ3v) is 6.33. The van der Waals surface area contributed by atoms with Crippen molar-refractivity contribution in [1.29, 1.82) is 0 Å². The first-order chi connectivity index (χ1) is 11.7. The Balaban J connectivity index is 1.38. The second kappa shape index (κ2) is 6.69. The van der Waals surface area contributed by atoms with Gasteiger partial charge in [-0.15, -0.1) is 11.8 Å². The second-order valence-electron chi connectivity index (χ2n) is 6.18. The molecule has 1 unspecified atom stereocenters. The number of hydrogen-bond donors (Lipinski definition) is 0. The van der Waals surface area contributed by atoms with Gasteiger partial charge in [0.25, 0.3) is 0 Å². The highest BCUT2D eigenvalue weighted by Crippen LogP contribution is 2.37. The lowest BCUT2D eigenvalue weighted by molar-refractivity contribution is -0.130. The van der Waals surface area contributed by atoms with Gasteiger partial charge < -0.3 is 9.80 Å². The van der Waals surface area contributed by atoms with E-state index in [0.29, 0.717) is 0 Å². The van der Waals surface area contributed by atoms with E-state index >= 15 is 0 Å². The van der Waals surface area contributed by atoms with E-state index in [1.54, 1.807) is 11.8 Å². The number of benzene rings is 2. The summed E-state index contributed by atoms with van der Waals surface area (Å²) in [4.78, 5) is 18.4. The largest absolute Gasteiger partial charge is 0.367 e. The number of hydrogen-bond acceptors (Lipinski definition) is 3. The number of amides is 1. The minimum atomic E-state index is 0.0364. The molecule has 0 aliphatic carbocycles. The summed E-state index contributed by atoms with van der Waals surface area (Å²) in [6.07, 6.45) is 0.852. The van der Waals surface area contributed by atoms with Crippen LogP contribution in [0.1, 0.15) is 5.56 Å². The second-order valence-corrected chi connectivity index (χ2v) is 7.83. The molecule has 0 saturated carbocycles. The van der Waals surface area contributed by atoms with Crippen LogP contribution in [0.5, 0.6) is 0 Å². The van der Waals surface area contributed by atoms with E-state index in [0.717, 1.165) is 43.3 Å². The lowest BCUT2D eigenvalue weighted by atomic mass is 10.1. The number of para-hydroxylation sites is 1. The molecule has 1 fully saturated rings. The van der Waals surface area contributed by atoms with Crippen molar-refractivity contribution < 1.29 is 4.79 Å². The van der Waals surface area contributed by atoms with Crippen LogP contribution in [0.3, 0.4) is 0 Å². The van der Waals surface area contributed by atoms with Crippen molar-refractivity contribution in [2.24, 2.45) is 0 Å². The Bertz CT molecular complexity index is 734. The fourth-order valence-corrected chi connectivity index (χ4v) is 4.93. The van der Waals surface area contributed by atoms with E-state index < -0.39 is 0 Å². The van der Waals surface area contributed by atoms with Gasteiger partial charge in [-0.25, -0.2) is 0 Å². The van der Waals surface area contributed by atoms with Crippen molar-refractivity contribution in [3.05, 3.63) is 59.1 Å². The molecule has 0 spiro atoms. The third kappa shape index (κ3) is 3.01. The summed E-state index contributed by atoms with van der Waals surface area (Å²) in [5.74, 6) is 0.273. The maximum Gasteiger partial charge on any atom is 0.236 e. The summed E-state index contributed by atoms with van der Waals surface area (Å²) in [6, 6.07) is 16.2. The van der Waals surface area contributed by atoms with Gasteiger partial charge in [-0.3, -0.25) is 4.79 Å². The number of anilines is 1. The minimum absolute atomic E-state index is 0.0364. The molecule has 1 amide bonds. The van der Waals surface area contributed by atoms with Crippen LogP contribution in [0, 0.1) is 0 Å². The smallest absolute Gasteiger partial charge is 0.236 e. The number of carbonyl (C=O) groups is 1. The van der Waals surface area contributed by atoms with Crippen molar-refractivity contribution >= 4 is 35.0 Å². The van der Waals surface area contributed by atoms with Crippen molar-refractivity contribution in [2.45, 2.75) is 16.6 Å². The van der Waals surface area contributed by atoms with Gasteiger partial charge in [-0.2, -0.15) is 0 Å². The lowest BCUT2D eigenvalue weighted by Crippen LogP contribution is -2.51. The van der Waals surface area contributed by atoms with Crippen LogP contribution in [0.25, 0.3) is 0 Å². The predicted molar refractivity (Wildman–Crippen MR) is 100 cm³/mol. The van der Waals surface area contributed by atoms with Gasteiger partial charge in [0.2, 0.25) is 5.91 Å². The number of thioether (sulfide) groups is 1. The Morgan fingerprint density at radius 1 is 1.00 bits per heavy atom. The molecule has 1 atom stereocenters. The van der Waals surface area contributed by atoms with E-state index in [1.807, 2.05) is 35.2 Å². The zero-order valence-corrected chi connectivity index (χ0v) is 14.9. The van der Waals surface area contributed by atoms with Gasteiger partial charge in [-0.05, 0) is 30.2 Å². The molecule has 0 bridgehead atoms. The molecular formula is C19H19ClN2OS. The third-order valence-electron chi connectivity index (χ3n) is 4.71. The Morgan fingerprint density at radius 2 is 1.71 bits per heavy atom. The molecule has 24 heavy (non-hydrogen) atoms. The molecule has 3 nitrogen and oxygen atoms in total. The molecule has 2 aromatic rings. The molecular weight excluding hydrogens is 340 g/mol. The van der Waals surface area contributed by atoms with Crippen LogP contribution in [-0.4, -0.2) is 42.2 Å². The zero-order chi connectivity index (χ0) is 16.5. The van der Waals surface area contributed by atoms with Gasteiger partial charge in [0.1, 0.15) is 0 Å². The van der Waals surface area contributed by atoms with Crippen molar-refractivity contribution in [3.8, 4) is 0 Å². The van der Waals surface area contributed by atoms with Crippen LogP contribution >= 0.6 is 23.4 Å². The lowest BCUT2D eigenvalue weighted by Gasteiger charge is -2.37. The first-order valence-electron chi connectivity index (χ1n) is 8.25. The summed E-state index contributed by atoms with van der Waals surface area (Å²) >= 11 is 8.00. The Labute approximate surface area is 151 Å². The van der Waals surface area contributed by atoms with Gasteiger partial charge in [-0.1, -0.05) is 41.9 Å². The van der Waals surface area contributed by atoms with Crippen LogP contribution < -0.4 is 4.90 Å². The normalized spacial score (nSPS) is 20.1. The Kier molecular flexibility index (Phi) is 4.42. The van der Waals surface area contributed by atoms with Crippen molar-refractivity contribution in [2.75, 3.05) is 31.1 Å². The van der Waals surface area contributed by atoms with E-state index in [4.69, 9.17) is 11.6 Å². The highest BCUT2D eigenvalue weighted by molar-refractivity contribution is 8.01. The molecule has 1 saturated heterocycles. The van der Waals surface area contributed by atoms with Crippen LogP contribution in [-0.2, 0) is 11.2 Å². The van der Waals surface area contributed by atoms with E-state index in [2.05, 4.69) is 23.1 Å². The molecule has 0 radical (unpaired) electrons. The van der Waals surface area contributed by atoms with Crippen LogP contribution in [0.15, 0.2) is 53.4 Å². The van der Waals surface area contributed by atoms with Crippen LogP contribution in [0.4, 0.5) is 5.69 Å². The van der Waals surface area contributed by atoms with Gasteiger partial charge in [0.05, 0.1) is 16.0 Å². The predicted octanol–water partition coefficient (Wildman–Crippen LogP) is 3.71. The number of piperazine rings is 1. The fraction of sp³-hybridized carbons (Fsp3) is 0.316. The quantitative estimate of drug-likeness (QED) is 0.817. The summed E-state index contributed by atoms with van der Waals surface area (Å²) in [6.45, 7) is 3.19. The van der Waals surface area contributed by atoms with Crippen molar-refractivity contribution in [3.63, 3.8) is 0 Å². The summed E-state index contributed by atoms with van der Waals surface area (Å²) in [5, 5.41) is 0.813. The minimum Gasteiger partial charge on any atom is -0.367 e. The number of halogens is 1. The average molecular weight is 359 g/mol. The molecule has 0 N–H and O–H groups in total. The Morgan fingerprint density at radius 3 is 2.46 bits per heavy atom. The summed E-state index contributed by atoms with van der Waals surface area (Å²) < 4.78 is 0. The van der Waals surface area contributed by atoms with E-state index in [-0.39, 0.29) is 11.2 Å². The van der Waals surface area contributed by atoms with E-state index in [1.165, 1.54) is 10.5 Å². The maximum atomic E-state index is 12.8. The molecule has 124 valence electrons. The van der Waals surface area contributed by atoms with Gasteiger partial charge in [0.15, 0.2) is 0 Å². The van der Waals surface area contributed by atoms with Gasteiger partial charge >= 0.3 is 0 Å². The van der Waals surface area contributed by atoms with Crippen LogP contribution in [0.2, 0.25) is 5.02 Å². The SMILES string of the molecule is O=C(C1Cc2ccccc2S1)N1CCN(c2ccccc2Cl)CC1. The standard InChI is InChI=1S/C19H19ClN2OS/c20-15-6-2-3-7-16(15)21-9-11-22(12-10-21)19(23)18-13-14-5-1-4-8-17(14)24-18/h1-8,18H,9-13H2. The average Bonchev–Trinajstić information content (AvgIpc) is 3.06. The molecule has 5 heteroatoms. The number of carbonyl (C=O) groups excluding carboxylic acids is 1. The maximum absolute atomic E-state index is 12.8. The highest BCUT2D eigenvalue weighted by atomic mass is 35.5. The molecule has 2 aromatic carbocycles. The molecule has 2 aliphatic heterocycles. The first kappa shape index (κ1) is 15.9. The van der Waals surface area contributed by atoms with Crippen molar-refractivity contribution in [1.82, 2.24) is 4.90 Å². The fourth-order valence-electron chi connectivity index (χ4n) is 3.40. The number of fused-ring (bicyclic) bond motifs is 1. The number of rotatable bonds is 2. The first-order valence-corrected chi connectivity index (χ1v) is 9.51. The molecule has 0 aromatic heterocycles. The zero-order valence-electron chi connectivity index (χ0n) is 13.3. The Hall–Kier alpha value is -1.65. The van der Waals surface area contributed by atoms with Gasteiger partial charge in [0, 0.05) is 31.1 Å². The summed E-state index contributed by atoms with van der Waals surface area (Å²) in [5.41, 5.74) is 2.37.